The molecule has 0 bridgehead atoms. The lowest BCUT2D eigenvalue weighted by Gasteiger charge is -2.30. The summed E-state index contributed by atoms with van der Waals surface area (Å²) in [7, 11) is 1.61. The van der Waals surface area contributed by atoms with Gasteiger partial charge in [0.05, 0.1) is 0 Å². The zero-order valence-electron chi connectivity index (χ0n) is 12.9. The molecule has 1 rings (SSSR count). The molecular formula is C14H27N3O3. The van der Waals surface area contributed by atoms with Crippen molar-refractivity contribution in [2.75, 3.05) is 13.6 Å². The Hall–Kier alpha value is -1.46. The third kappa shape index (κ3) is 6.63. The molecule has 0 spiro atoms. The van der Waals surface area contributed by atoms with Gasteiger partial charge in [0, 0.05) is 19.6 Å². The fourth-order valence-corrected chi connectivity index (χ4v) is 2.31. The lowest BCUT2D eigenvalue weighted by atomic mass is 9.86. The van der Waals surface area contributed by atoms with Gasteiger partial charge < -0.3 is 20.7 Å². The lowest BCUT2D eigenvalue weighted by molar-refractivity contribution is 0.0487. The Balaban J connectivity index is 2.22. The van der Waals surface area contributed by atoms with Crippen LogP contribution in [0.2, 0.25) is 0 Å². The van der Waals surface area contributed by atoms with Gasteiger partial charge in [0.25, 0.3) is 0 Å². The van der Waals surface area contributed by atoms with Crippen LogP contribution in [0.25, 0.3) is 0 Å². The van der Waals surface area contributed by atoms with Crippen LogP contribution in [0.3, 0.4) is 0 Å². The minimum atomic E-state index is -0.460. The Morgan fingerprint density at radius 3 is 2.25 bits per heavy atom. The monoisotopic (exact) mass is 285 g/mol. The molecule has 1 saturated carbocycles. The average molecular weight is 285 g/mol. The molecule has 3 amide bonds. The summed E-state index contributed by atoms with van der Waals surface area (Å²) < 4.78 is 5.25. The van der Waals surface area contributed by atoms with E-state index in [1.54, 1.807) is 7.05 Å². The summed E-state index contributed by atoms with van der Waals surface area (Å²) in [6.45, 7) is 6.26. The van der Waals surface area contributed by atoms with Gasteiger partial charge in [0.1, 0.15) is 5.60 Å². The molecule has 116 valence electrons. The van der Waals surface area contributed by atoms with E-state index in [1.165, 1.54) is 0 Å². The van der Waals surface area contributed by atoms with Crippen molar-refractivity contribution in [1.29, 1.82) is 0 Å². The van der Waals surface area contributed by atoms with Gasteiger partial charge in [-0.15, -0.1) is 0 Å². The highest BCUT2D eigenvalue weighted by molar-refractivity contribution is 5.73. The van der Waals surface area contributed by atoms with Crippen LogP contribution in [0.1, 0.15) is 46.5 Å². The molecule has 0 atom stereocenters. The number of hydrogen-bond donors (Lipinski definition) is 3. The number of nitrogens with one attached hydrogen (secondary N) is 3. The summed E-state index contributed by atoms with van der Waals surface area (Å²) >= 11 is 0. The summed E-state index contributed by atoms with van der Waals surface area (Å²) in [5, 5.41) is 8.28. The standard InChI is InChI=1S/C14H27N3O3/c1-14(2,3)20-13(19)17-11-7-5-10(6-8-11)9-16-12(18)15-4/h10-11H,5-9H2,1-4H3,(H,17,19)(H2,15,16,18). The summed E-state index contributed by atoms with van der Waals surface area (Å²) in [4.78, 5) is 22.8. The van der Waals surface area contributed by atoms with Gasteiger partial charge in [-0.25, -0.2) is 9.59 Å². The maximum Gasteiger partial charge on any atom is 0.407 e. The maximum atomic E-state index is 11.7. The van der Waals surface area contributed by atoms with E-state index < -0.39 is 5.60 Å². The molecule has 0 saturated heterocycles. The minimum Gasteiger partial charge on any atom is -0.444 e. The molecule has 0 aliphatic heterocycles. The maximum absolute atomic E-state index is 11.7. The Morgan fingerprint density at radius 1 is 1.15 bits per heavy atom. The van der Waals surface area contributed by atoms with E-state index in [4.69, 9.17) is 4.74 Å². The summed E-state index contributed by atoms with van der Waals surface area (Å²) in [5.74, 6) is 0.490. The second-order valence-corrected chi connectivity index (χ2v) is 6.32. The number of ether oxygens (including phenoxy) is 1. The summed E-state index contributed by atoms with van der Waals surface area (Å²) in [6.07, 6.45) is 3.53. The van der Waals surface area contributed by atoms with Crippen LogP contribution < -0.4 is 16.0 Å². The second kappa shape index (κ2) is 7.36. The number of rotatable bonds is 3. The van der Waals surface area contributed by atoms with Gasteiger partial charge >= 0.3 is 12.1 Å². The van der Waals surface area contributed by atoms with Gasteiger partial charge in [0.15, 0.2) is 0 Å². The average Bonchev–Trinajstić information content (AvgIpc) is 2.35. The number of alkyl carbamates (subject to hydrolysis) is 1. The number of hydrogen-bond acceptors (Lipinski definition) is 3. The second-order valence-electron chi connectivity index (χ2n) is 6.32. The van der Waals surface area contributed by atoms with E-state index in [0.717, 1.165) is 25.7 Å². The first-order valence-electron chi connectivity index (χ1n) is 7.25. The molecule has 0 heterocycles. The van der Waals surface area contributed by atoms with E-state index in [9.17, 15) is 9.59 Å². The predicted molar refractivity (Wildman–Crippen MR) is 77.6 cm³/mol. The number of urea groups is 1. The van der Waals surface area contributed by atoms with E-state index in [2.05, 4.69) is 16.0 Å². The van der Waals surface area contributed by atoms with Crippen molar-refractivity contribution in [3.05, 3.63) is 0 Å². The van der Waals surface area contributed by atoms with Crippen LogP contribution in [0.15, 0.2) is 0 Å². The molecule has 3 N–H and O–H groups in total. The highest BCUT2D eigenvalue weighted by Gasteiger charge is 2.24. The number of amides is 3. The molecule has 6 heteroatoms. The van der Waals surface area contributed by atoms with Crippen LogP contribution in [0, 0.1) is 5.92 Å². The number of carbonyl (C=O) groups is 2. The van der Waals surface area contributed by atoms with Crippen LogP contribution in [-0.2, 0) is 4.74 Å². The summed E-state index contributed by atoms with van der Waals surface area (Å²) in [6, 6.07) is 0.0418. The van der Waals surface area contributed by atoms with Crippen LogP contribution in [-0.4, -0.2) is 37.4 Å². The summed E-state index contributed by atoms with van der Waals surface area (Å²) in [5.41, 5.74) is -0.460. The van der Waals surface area contributed by atoms with Crippen LogP contribution in [0.4, 0.5) is 9.59 Å². The Morgan fingerprint density at radius 2 is 1.75 bits per heavy atom. The topological polar surface area (TPSA) is 79.5 Å². The van der Waals surface area contributed by atoms with Crippen molar-refractivity contribution >= 4 is 12.1 Å². The van der Waals surface area contributed by atoms with Gasteiger partial charge in [-0.3, -0.25) is 0 Å². The van der Waals surface area contributed by atoms with Crippen molar-refractivity contribution in [3.8, 4) is 0 Å². The molecular weight excluding hydrogens is 258 g/mol. The third-order valence-electron chi connectivity index (χ3n) is 3.35. The molecule has 1 aliphatic carbocycles. The normalized spacial score (nSPS) is 22.8. The predicted octanol–water partition coefficient (Wildman–Crippen LogP) is 2.00. The first kappa shape index (κ1) is 16.6. The molecule has 0 radical (unpaired) electrons. The molecule has 0 aromatic carbocycles. The van der Waals surface area contributed by atoms with Crippen molar-refractivity contribution in [2.45, 2.75) is 58.1 Å². The van der Waals surface area contributed by atoms with E-state index >= 15 is 0 Å². The molecule has 1 aliphatic rings. The highest BCUT2D eigenvalue weighted by atomic mass is 16.6. The smallest absolute Gasteiger partial charge is 0.407 e. The quantitative estimate of drug-likeness (QED) is 0.742. The zero-order valence-corrected chi connectivity index (χ0v) is 12.9. The van der Waals surface area contributed by atoms with E-state index in [1.807, 2.05) is 20.8 Å². The van der Waals surface area contributed by atoms with Gasteiger partial charge in [-0.05, 0) is 52.4 Å². The first-order valence-corrected chi connectivity index (χ1v) is 7.25. The zero-order chi connectivity index (χ0) is 15.2. The Labute approximate surface area is 121 Å². The lowest BCUT2D eigenvalue weighted by Crippen LogP contribution is -2.42. The molecule has 0 unspecified atom stereocenters. The molecule has 0 aromatic heterocycles. The van der Waals surface area contributed by atoms with Crippen molar-refractivity contribution in [3.63, 3.8) is 0 Å². The van der Waals surface area contributed by atoms with Crippen molar-refractivity contribution < 1.29 is 14.3 Å². The largest absolute Gasteiger partial charge is 0.444 e. The van der Waals surface area contributed by atoms with Gasteiger partial charge in [0.2, 0.25) is 0 Å². The SMILES string of the molecule is CNC(=O)NCC1CCC(NC(=O)OC(C)(C)C)CC1. The van der Waals surface area contributed by atoms with Gasteiger partial charge in [-0.2, -0.15) is 0 Å². The minimum absolute atomic E-state index is 0.140. The van der Waals surface area contributed by atoms with Gasteiger partial charge in [-0.1, -0.05) is 0 Å². The fraction of sp³-hybridized carbons (Fsp3) is 0.857. The van der Waals surface area contributed by atoms with Crippen molar-refractivity contribution in [1.82, 2.24) is 16.0 Å². The van der Waals surface area contributed by atoms with Crippen molar-refractivity contribution in [2.24, 2.45) is 5.92 Å². The molecule has 20 heavy (non-hydrogen) atoms. The molecule has 1 fully saturated rings. The number of carbonyl (C=O) groups excluding carboxylic acids is 2. The molecule has 6 nitrogen and oxygen atoms in total. The van der Waals surface area contributed by atoms with E-state index in [-0.39, 0.29) is 18.2 Å². The van der Waals surface area contributed by atoms with E-state index in [0.29, 0.717) is 12.5 Å². The fourth-order valence-electron chi connectivity index (χ4n) is 2.31. The third-order valence-corrected chi connectivity index (χ3v) is 3.35. The van der Waals surface area contributed by atoms with Crippen LogP contribution >= 0.6 is 0 Å². The Bertz CT molecular complexity index is 331. The molecule has 0 aromatic rings. The first-order chi connectivity index (χ1) is 9.30. The highest BCUT2D eigenvalue weighted by Crippen LogP contribution is 2.24. The van der Waals surface area contributed by atoms with Crippen LogP contribution in [0.5, 0.6) is 0 Å². The Kier molecular flexibility index (Phi) is 6.10.